The Morgan fingerprint density at radius 2 is 1.86 bits per heavy atom. The van der Waals surface area contributed by atoms with Crippen molar-refractivity contribution in [3.05, 3.63) is 64.7 Å². The highest BCUT2D eigenvalue weighted by Gasteiger charge is 2.19. The Morgan fingerprint density at radius 1 is 1.14 bits per heavy atom. The molecule has 2 rings (SSSR count). The third-order valence-electron chi connectivity index (χ3n) is 3.46. The van der Waals surface area contributed by atoms with Crippen molar-refractivity contribution in [2.45, 2.75) is 32.2 Å². The van der Waals surface area contributed by atoms with Crippen molar-refractivity contribution < 1.29 is 0 Å². The molecule has 3 heteroatoms. The van der Waals surface area contributed by atoms with Crippen molar-refractivity contribution in [1.82, 2.24) is 0 Å². The van der Waals surface area contributed by atoms with Gasteiger partial charge in [0, 0.05) is 10.6 Å². The minimum atomic E-state index is -0.119. The van der Waals surface area contributed by atoms with Gasteiger partial charge in [0.15, 0.2) is 0 Å². The van der Waals surface area contributed by atoms with Crippen LogP contribution in [0.3, 0.4) is 0 Å². The summed E-state index contributed by atoms with van der Waals surface area (Å²) < 4.78 is 0. The van der Waals surface area contributed by atoms with E-state index in [1.54, 1.807) is 12.1 Å². The molecule has 2 aromatic carbocycles. The summed E-state index contributed by atoms with van der Waals surface area (Å²) in [5.74, 6) is 0. The highest BCUT2D eigenvalue weighted by Crippen LogP contribution is 2.26. The Hall–Kier alpha value is -1.98. The van der Waals surface area contributed by atoms with Gasteiger partial charge in [-0.2, -0.15) is 5.26 Å². The van der Waals surface area contributed by atoms with E-state index >= 15 is 0 Å². The molecule has 2 nitrogen and oxygen atoms in total. The number of rotatable bonds is 5. The van der Waals surface area contributed by atoms with Crippen LogP contribution in [-0.4, -0.2) is 5.54 Å². The number of hydrogen-bond donors (Lipinski definition) is 1. The van der Waals surface area contributed by atoms with E-state index in [2.05, 4.69) is 49.5 Å². The molecule has 0 amide bonds. The highest BCUT2D eigenvalue weighted by atomic mass is 35.5. The number of aryl methyl sites for hydroxylation is 1. The number of nitriles is 1. The fourth-order valence-electron chi connectivity index (χ4n) is 2.25. The number of nitrogens with zero attached hydrogens (tertiary/aromatic N) is 1. The van der Waals surface area contributed by atoms with Gasteiger partial charge in [-0.15, -0.1) is 0 Å². The first kappa shape index (κ1) is 15.4. The first-order chi connectivity index (χ1) is 10.00. The predicted molar refractivity (Wildman–Crippen MR) is 88.6 cm³/mol. The van der Waals surface area contributed by atoms with Crippen LogP contribution in [0.25, 0.3) is 0 Å². The lowest BCUT2D eigenvalue weighted by atomic mass is 9.94. The van der Waals surface area contributed by atoms with Gasteiger partial charge in [0.05, 0.1) is 11.3 Å². The summed E-state index contributed by atoms with van der Waals surface area (Å²) in [5, 5.41) is 13.3. The van der Waals surface area contributed by atoms with Gasteiger partial charge in [-0.3, -0.25) is 0 Å². The van der Waals surface area contributed by atoms with Gasteiger partial charge >= 0.3 is 0 Å². The maximum Gasteiger partial charge on any atom is 0.101 e. The van der Waals surface area contributed by atoms with E-state index in [1.807, 2.05) is 12.1 Å². The molecular formula is C18H19ClN2. The third kappa shape index (κ3) is 4.51. The minimum absolute atomic E-state index is 0.119. The van der Waals surface area contributed by atoms with Gasteiger partial charge in [-0.05, 0) is 50.5 Å². The number of nitrogens with one attached hydrogen (secondary N) is 1. The average Bonchev–Trinajstić information content (AvgIpc) is 2.46. The van der Waals surface area contributed by atoms with Crippen LogP contribution in [0.1, 0.15) is 31.4 Å². The molecule has 0 unspecified atom stereocenters. The van der Waals surface area contributed by atoms with E-state index in [0.717, 1.165) is 18.5 Å². The molecule has 0 aliphatic heterocycles. The Bertz CT molecular complexity index is 642. The molecule has 2 aromatic rings. The maximum atomic E-state index is 9.18. The molecule has 0 aromatic heterocycles. The van der Waals surface area contributed by atoms with E-state index in [-0.39, 0.29) is 5.54 Å². The lowest BCUT2D eigenvalue weighted by Crippen LogP contribution is -2.31. The van der Waals surface area contributed by atoms with Crippen molar-refractivity contribution in [2.75, 3.05) is 5.32 Å². The third-order valence-corrected chi connectivity index (χ3v) is 3.69. The van der Waals surface area contributed by atoms with Crippen LogP contribution >= 0.6 is 11.6 Å². The van der Waals surface area contributed by atoms with Crippen LogP contribution in [0.5, 0.6) is 0 Å². The molecule has 1 N–H and O–H groups in total. The zero-order valence-electron chi connectivity index (χ0n) is 12.4. The topological polar surface area (TPSA) is 35.8 Å². The Labute approximate surface area is 131 Å². The molecule has 0 heterocycles. The molecular weight excluding hydrogens is 280 g/mol. The van der Waals surface area contributed by atoms with Gasteiger partial charge in [0.1, 0.15) is 6.07 Å². The maximum absolute atomic E-state index is 9.18. The minimum Gasteiger partial charge on any atom is -0.379 e. The van der Waals surface area contributed by atoms with E-state index in [1.165, 1.54) is 5.56 Å². The molecule has 0 aliphatic rings. The SMILES string of the molecule is CC(C)(CCc1ccccc1)Nc1cc(Cl)ccc1C#N. The number of hydrogen-bond acceptors (Lipinski definition) is 2. The first-order valence-corrected chi connectivity index (χ1v) is 7.40. The van der Waals surface area contributed by atoms with Crippen LogP contribution < -0.4 is 5.32 Å². The summed E-state index contributed by atoms with van der Waals surface area (Å²) in [7, 11) is 0. The first-order valence-electron chi connectivity index (χ1n) is 7.02. The van der Waals surface area contributed by atoms with Crippen LogP contribution in [-0.2, 0) is 6.42 Å². The molecule has 0 spiro atoms. The van der Waals surface area contributed by atoms with Gasteiger partial charge in [-0.25, -0.2) is 0 Å². The number of anilines is 1. The second kappa shape index (κ2) is 6.65. The van der Waals surface area contributed by atoms with Crippen molar-refractivity contribution in [3.8, 4) is 6.07 Å². The van der Waals surface area contributed by atoms with Gasteiger partial charge in [-0.1, -0.05) is 41.9 Å². The molecule has 0 saturated carbocycles. The normalized spacial score (nSPS) is 11.0. The molecule has 0 radical (unpaired) electrons. The van der Waals surface area contributed by atoms with Crippen LogP contribution in [0.15, 0.2) is 48.5 Å². The van der Waals surface area contributed by atoms with Gasteiger partial charge in [0.25, 0.3) is 0 Å². The summed E-state index contributed by atoms with van der Waals surface area (Å²) in [6.45, 7) is 4.27. The second-order valence-electron chi connectivity index (χ2n) is 5.80. The fourth-order valence-corrected chi connectivity index (χ4v) is 2.42. The van der Waals surface area contributed by atoms with Crippen molar-refractivity contribution in [1.29, 1.82) is 5.26 Å². The van der Waals surface area contributed by atoms with Crippen LogP contribution in [0.4, 0.5) is 5.69 Å². The van der Waals surface area contributed by atoms with E-state index in [9.17, 15) is 5.26 Å². The Balaban J connectivity index is 2.07. The monoisotopic (exact) mass is 298 g/mol. The van der Waals surface area contributed by atoms with Crippen molar-refractivity contribution in [3.63, 3.8) is 0 Å². The number of benzene rings is 2. The summed E-state index contributed by atoms with van der Waals surface area (Å²) in [5.41, 5.74) is 2.61. The molecule has 0 saturated heterocycles. The summed E-state index contributed by atoms with van der Waals surface area (Å²) in [6, 6.07) is 17.9. The van der Waals surface area contributed by atoms with Gasteiger partial charge in [0.2, 0.25) is 0 Å². The summed E-state index contributed by atoms with van der Waals surface area (Å²) in [6.07, 6.45) is 1.96. The molecule has 0 bridgehead atoms. The molecule has 108 valence electrons. The quantitative estimate of drug-likeness (QED) is 0.840. The summed E-state index contributed by atoms with van der Waals surface area (Å²) >= 11 is 6.03. The summed E-state index contributed by atoms with van der Waals surface area (Å²) in [4.78, 5) is 0. The van der Waals surface area contributed by atoms with Crippen molar-refractivity contribution in [2.24, 2.45) is 0 Å². The Kier molecular flexibility index (Phi) is 4.88. The zero-order chi connectivity index (χ0) is 15.3. The average molecular weight is 299 g/mol. The van der Waals surface area contributed by atoms with E-state index < -0.39 is 0 Å². The fraction of sp³-hybridized carbons (Fsp3) is 0.278. The van der Waals surface area contributed by atoms with Crippen molar-refractivity contribution >= 4 is 17.3 Å². The lowest BCUT2D eigenvalue weighted by Gasteiger charge is -2.28. The zero-order valence-corrected chi connectivity index (χ0v) is 13.1. The molecule has 21 heavy (non-hydrogen) atoms. The lowest BCUT2D eigenvalue weighted by molar-refractivity contribution is 0.518. The molecule has 0 atom stereocenters. The smallest absolute Gasteiger partial charge is 0.101 e. The predicted octanol–water partition coefficient (Wildman–Crippen LogP) is 5.03. The second-order valence-corrected chi connectivity index (χ2v) is 6.23. The van der Waals surface area contributed by atoms with Crippen LogP contribution in [0, 0.1) is 11.3 Å². The van der Waals surface area contributed by atoms with E-state index in [0.29, 0.717) is 10.6 Å². The van der Waals surface area contributed by atoms with Gasteiger partial charge < -0.3 is 5.32 Å². The highest BCUT2D eigenvalue weighted by molar-refractivity contribution is 6.30. The largest absolute Gasteiger partial charge is 0.379 e. The Morgan fingerprint density at radius 3 is 2.52 bits per heavy atom. The van der Waals surface area contributed by atoms with E-state index in [4.69, 9.17) is 11.6 Å². The van der Waals surface area contributed by atoms with Crippen LogP contribution in [0.2, 0.25) is 5.02 Å². The number of halogens is 1. The molecule has 0 aliphatic carbocycles. The molecule has 0 fully saturated rings. The standard InChI is InChI=1S/C18H19ClN2/c1-18(2,11-10-14-6-4-3-5-7-14)21-17-12-16(19)9-8-15(17)13-20/h3-9,12,21H,10-11H2,1-2H3.